The van der Waals surface area contributed by atoms with Crippen LogP contribution in [0.15, 0.2) is 45.9 Å². The number of rotatable bonds is 7. The summed E-state index contributed by atoms with van der Waals surface area (Å²) in [5.74, 6) is -0.753. The highest BCUT2D eigenvalue weighted by molar-refractivity contribution is 7.89. The van der Waals surface area contributed by atoms with Crippen molar-refractivity contribution in [3.8, 4) is 0 Å². The number of benzene rings is 1. The van der Waals surface area contributed by atoms with Gasteiger partial charge in [0.15, 0.2) is 0 Å². The molecule has 28 heavy (non-hydrogen) atoms. The molecule has 0 saturated carbocycles. The van der Waals surface area contributed by atoms with Crippen LogP contribution in [0.1, 0.15) is 41.9 Å². The van der Waals surface area contributed by atoms with Crippen molar-refractivity contribution in [2.24, 2.45) is 5.92 Å². The summed E-state index contributed by atoms with van der Waals surface area (Å²) in [6, 6.07) is 6.75. The molecule has 0 bridgehead atoms. The number of nitrogens with one attached hydrogen (secondary N) is 3. The maximum Gasteiger partial charge on any atom is 0.273 e. The van der Waals surface area contributed by atoms with Crippen molar-refractivity contribution in [3.05, 3.63) is 53.5 Å². The predicted octanol–water partition coefficient (Wildman–Crippen LogP) is 2.05. The van der Waals surface area contributed by atoms with Crippen molar-refractivity contribution in [1.29, 1.82) is 0 Å². The van der Waals surface area contributed by atoms with Crippen LogP contribution in [0.25, 0.3) is 0 Å². The van der Waals surface area contributed by atoms with Crippen LogP contribution in [0.4, 0.5) is 0 Å². The molecule has 0 aliphatic rings. The molecule has 9 heteroatoms. The van der Waals surface area contributed by atoms with Crippen molar-refractivity contribution in [3.63, 3.8) is 0 Å². The van der Waals surface area contributed by atoms with Crippen LogP contribution in [-0.4, -0.2) is 26.3 Å². The number of carbonyl (C=O) groups is 2. The van der Waals surface area contributed by atoms with E-state index in [0.717, 1.165) is 5.56 Å². The third-order valence-corrected chi connectivity index (χ3v) is 5.54. The number of amides is 2. The van der Waals surface area contributed by atoms with Crippen molar-refractivity contribution < 1.29 is 22.4 Å². The fourth-order valence-corrected chi connectivity index (χ4v) is 3.75. The van der Waals surface area contributed by atoms with Gasteiger partial charge in [-0.15, -0.1) is 0 Å². The molecule has 1 unspecified atom stereocenters. The van der Waals surface area contributed by atoms with Gasteiger partial charge < -0.3 is 4.42 Å². The molecule has 0 aliphatic carbocycles. The minimum absolute atomic E-state index is 0.0447. The van der Waals surface area contributed by atoms with Crippen LogP contribution in [0.2, 0.25) is 0 Å². The molecule has 1 aromatic heterocycles. The second-order valence-electron chi connectivity index (χ2n) is 6.95. The van der Waals surface area contributed by atoms with Gasteiger partial charge in [0.2, 0.25) is 10.0 Å². The minimum Gasteiger partial charge on any atom is -0.469 e. The standard InChI is InChI=1S/C19H25N3O5S/c1-12(2)11-17(22-28(25,26)15-7-5-13(3)6-8-15)19(24)21-20-18(23)16-9-10-27-14(16)4/h5-10,12,17,22H,11H2,1-4H3,(H,20,23)(H,21,24). The third kappa shape index (κ3) is 5.67. The van der Waals surface area contributed by atoms with E-state index in [1.54, 1.807) is 19.1 Å². The van der Waals surface area contributed by atoms with Gasteiger partial charge in [0.05, 0.1) is 16.7 Å². The van der Waals surface area contributed by atoms with Crippen molar-refractivity contribution in [1.82, 2.24) is 15.6 Å². The van der Waals surface area contributed by atoms with E-state index in [9.17, 15) is 18.0 Å². The van der Waals surface area contributed by atoms with Crippen molar-refractivity contribution >= 4 is 21.8 Å². The van der Waals surface area contributed by atoms with Crippen LogP contribution in [0, 0.1) is 19.8 Å². The molecule has 152 valence electrons. The molecule has 3 N–H and O–H groups in total. The Kier molecular flexibility index (Phi) is 6.98. The molecule has 2 rings (SSSR count). The summed E-state index contributed by atoms with van der Waals surface area (Å²) in [6.07, 6.45) is 1.63. The van der Waals surface area contributed by atoms with E-state index < -0.39 is 27.9 Å². The first-order chi connectivity index (χ1) is 13.1. The van der Waals surface area contributed by atoms with Gasteiger partial charge in [-0.1, -0.05) is 31.5 Å². The van der Waals surface area contributed by atoms with Gasteiger partial charge >= 0.3 is 0 Å². The zero-order chi connectivity index (χ0) is 20.9. The van der Waals surface area contributed by atoms with Gasteiger partial charge in [0.1, 0.15) is 11.8 Å². The van der Waals surface area contributed by atoms with E-state index in [4.69, 9.17) is 4.42 Å². The van der Waals surface area contributed by atoms with Crippen LogP contribution in [-0.2, 0) is 14.8 Å². The van der Waals surface area contributed by atoms with Gasteiger partial charge in [-0.25, -0.2) is 8.42 Å². The number of aryl methyl sites for hydroxylation is 2. The summed E-state index contributed by atoms with van der Waals surface area (Å²) in [5, 5.41) is 0. The molecule has 0 spiro atoms. The molecule has 2 amide bonds. The largest absolute Gasteiger partial charge is 0.469 e. The smallest absolute Gasteiger partial charge is 0.273 e. The highest BCUT2D eigenvalue weighted by atomic mass is 32.2. The number of furan rings is 1. The maximum absolute atomic E-state index is 12.6. The molecule has 0 saturated heterocycles. The van der Waals surface area contributed by atoms with Gasteiger partial charge in [-0.3, -0.25) is 20.4 Å². The lowest BCUT2D eigenvalue weighted by atomic mass is 10.0. The van der Waals surface area contributed by atoms with Crippen LogP contribution in [0.3, 0.4) is 0 Å². The molecular formula is C19H25N3O5S. The molecule has 1 heterocycles. The van der Waals surface area contributed by atoms with Gasteiger partial charge in [-0.05, 0) is 44.4 Å². The summed E-state index contributed by atoms with van der Waals surface area (Å²) in [6.45, 7) is 7.21. The number of hydrogen-bond donors (Lipinski definition) is 3. The summed E-state index contributed by atoms with van der Waals surface area (Å²) in [5.41, 5.74) is 5.76. The van der Waals surface area contributed by atoms with E-state index in [1.807, 2.05) is 20.8 Å². The molecule has 0 fully saturated rings. The summed E-state index contributed by atoms with van der Waals surface area (Å²) in [4.78, 5) is 24.7. The molecule has 0 aliphatic heterocycles. The lowest BCUT2D eigenvalue weighted by Gasteiger charge is -2.20. The van der Waals surface area contributed by atoms with Gasteiger partial charge in [0, 0.05) is 0 Å². The Morgan fingerprint density at radius 2 is 1.68 bits per heavy atom. The Morgan fingerprint density at radius 1 is 1.04 bits per heavy atom. The lowest BCUT2D eigenvalue weighted by molar-refractivity contribution is -0.123. The topological polar surface area (TPSA) is 118 Å². The monoisotopic (exact) mass is 407 g/mol. The van der Waals surface area contributed by atoms with Crippen molar-refractivity contribution in [2.45, 2.75) is 45.1 Å². The lowest BCUT2D eigenvalue weighted by Crippen LogP contribution is -2.52. The first-order valence-corrected chi connectivity index (χ1v) is 10.3. The van der Waals surface area contributed by atoms with E-state index in [-0.39, 0.29) is 22.8 Å². The average molecular weight is 407 g/mol. The summed E-state index contributed by atoms with van der Waals surface area (Å²) >= 11 is 0. The highest BCUT2D eigenvalue weighted by Gasteiger charge is 2.27. The summed E-state index contributed by atoms with van der Waals surface area (Å²) in [7, 11) is -3.89. The van der Waals surface area contributed by atoms with Crippen LogP contribution < -0.4 is 15.6 Å². The Hall–Kier alpha value is -2.65. The Bertz CT molecular complexity index is 933. The molecular weight excluding hydrogens is 382 g/mol. The molecule has 8 nitrogen and oxygen atoms in total. The highest BCUT2D eigenvalue weighted by Crippen LogP contribution is 2.13. The second-order valence-corrected chi connectivity index (χ2v) is 8.66. The molecule has 1 aromatic carbocycles. The first-order valence-electron chi connectivity index (χ1n) is 8.83. The van der Waals surface area contributed by atoms with E-state index in [2.05, 4.69) is 15.6 Å². The van der Waals surface area contributed by atoms with Crippen molar-refractivity contribution in [2.75, 3.05) is 0 Å². The molecule has 0 radical (unpaired) electrons. The minimum atomic E-state index is -3.89. The molecule has 1 atom stereocenters. The fourth-order valence-electron chi connectivity index (χ4n) is 2.55. The van der Waals surface area contributed by atoms with E-state index in [1.165, 1.54) is 24.5 Å². The zero-order valence-corrected chi connectivity index (χ0v) is 17.1. The number of hydrogen-bond acceptors (Lipinski definition) is 5. The van der Waals surface area contributed by atoms with E-state index >= 15 is 0 Å². The number of sulfonamides is 1. The molecule has 2 aromatic rings. The second kappa shape index (κ2) is 9.03. The first kappa shape index (κ1) is 21.6. The Labute approximate surface area is 164 Å². The van der Waals surface area contributed by atoms with Crippen LogP contribution >= 0.6 is 0 Å². The Balaban J connectivity index is 2.09. The average Bonchev–Trinajstić information content (AvgIpc) is 3.04. The fraction of sp³-hybridized carbons (Fsp3) is 0.368. The summed E-state index contributed by atoms with van der Waals surface area (Å²) < 4.78 is 32.7. The predicted molar refractivity (Wildman–Crippen MR) is 104 cm³/mol. The maximum atomic E-state index is 12.6. The quantitative estimate of drug-likeness (QED) is 0.607. The number of hydrazine groups is 1. The number of carbonyl (C=O) groups excluding carboxylic acids is 2. The van der Waals surface area contributed by atoms with Crippen LogP contribution in [0.5, 0.6) is 0 Å². The van der Waals surface area contributed by atoms with Gasteiger partial charge in [-0.2, -0.15) is 4.72 Å². The normalized spacial score (nSPS) is 12.6. The Morgan fingerprint density at radius 3 is 2.21 bits per heavy atom. The van der Waals surface area contributed by atoms with Gasteiger partial charge in [0.25, 0.3) is 11.8 Å². The SMILES string of the molecule is Cc1ccc(S(=O)(=O)NC(CC(C)C)C(=O)NNC(=O)c2ccoc2C)cc1. The van der Waals surface area contributed by atoms with E-state index in [0.29, 0.717) is 5.76 Å². The zero-order valence-electron chi connectivity index (χ0n) is 16.3. The third-order valence-electron chi connectivity index (χ3n) is 4.05.